The Morgan fingerprint density at radius 3 is 2.80 bits per heavy atom. The Bertz CT molecular complexity index is 927. The Morgan fingerprint density at radius 1 is 0.950 bits per heavy atom. The van der Waals surface area contributed by atoms with Gasteiger partial charge in [-0.05, 0) is 42.5 Å². The second-order valence-corrected chi connectivity index (χ2v) is 5.09. The van der Waals surface area contributed by atoms with Gasteiger partial charge in [0, 0.05) is 22.2 Å². The summed E-state index contributed by atoms with van der Waals surface area (Å²) >= 11 is 6.00. The van der Waals surface area contributed by atoms with Crippen molar-refractivity contribution in [3.05, 3.63) is 59.8 Å². The Kier molecular flexibility index (Phi) is 2.47. The van der Waals surface area contributed by atoms with Crippen molar-refractivity contribution in [1.29, 1.82) is 0 Å². The predicted octanol–water partition coefficient (Wildman–Crippen LogP) is 4.43. The fraction of sp³-hybridized carbons (Fsp3) is 0. The highest BCUT2D eigenvalue weighted by Gasteiger charge is 2.06. The first-order valence-corrected chi connectivity index (χ1v) is 6.68. The first-order chi connectivity index (χ1) is 9.79. The lowest BCUT2D eigenvalue weighted by Crippen LogP contribution is -1.82. The van der Waals surface area contributed by atoms with Crippen molar-refractivity contribution >= 4 is 33.5 Å². The molecule has 0 aliphatic rings. The number of aromatic nitrogens is 3. The average molecular weight is 280 g/mol. The monoisotopic (exact) mass is 279 g/mol. The van der Waals surface area contributed by atoms with Gasteiger partial charge < -0.3 is 4.98 Å². The van der Waals surface area contributed by atoms with Gasteiger partial charge in [0.1, 0.15) is 5.82 Å². The van der Waals surface area contributed by atoms with Gasteiger partial charge >= 0.3 is 0 Å². The van der Waals surface area contributed by atoms with E-state index in [1.807, 2.05) is 42.5 Å². The maximum absolute atomic E-state index is 6.00. The van der Waals surface area contributed by atoms with Crippen LogP contribution in [0, 0.1) is 0 Å². The molecule has 0 amide bonds. The van der Waals surface area contributed by atoms with E-state index in [2.05, 4.69) is 21.0 Å². The van der Waals surface area contributed by atoms with Crippen LogP contribution in [-0.4, -0.2) is 15.0 Å². The molecule has 0 atom stereocenters. The second kappa shape index (κ2) is 4.32. The second-order valence-electron chi connectivity index (χ2n) is 4.66. The highest BCUT2D eigenvalue weighted by Crippen LogP contribution is 2.25. The lowest BCUT2D eigenvalue weighted by Gasteiger charge is -1.99. The lowest BCUT2D eigenvalue weighted by atomic mass is 10.1. The zero-order chi connectivity index (χ0) is 13.5. The first kappa shape index (κ1) is 11.4. The summed E-state index contributed by atoms with van der Waals surface area (Å²) in [6, 6.07) is 15.7. The van der Waals surface area contributed by atoms with Crippen LogP contribution >= 0.6 is 11.6 Å². The molecule has 0 radical (unpaired) electrons. The number of halogens is 1. The minimum absolute atomic E-state index is 0.704. The minimum Gasteiger partial charge on any atom is -0.338 e. The predicted molar refractivity (Wildman–Crippen MR) is 81.8 cm³/mol. The van der Waals surface area contributed by atoms with Crippen LogP contribution in [0.5, 0.6) is 0 Å². The molecule has 0 spiro atoms. The summed E-state index contributed by atoms with van der Waals surface area (Å²) in [6.45, 7) is 0. The number of benzene rings is 2. The van der Waals surface area contributed by atoms with Crippen LogP contribution in [0.4, 0.5) is 0 Å². The number of pyridine rings is 1. The topological polar surface area (TPSA) is 41.6 Å². The van der Waals surface area contributed by atoms with E-state index in [9.17, 15) is 0 Å². The molecule has 2 aromatic carbocycles. The van der Waals surface area contributed by atoms with E-state index < -0.39 is 0 Å². The van der Waals surface area contributed by atoms with Crippen molar-refractivity contribution in [1.82, 2.24) is 15.0 Å². The van der Waals surface area contributed by atoms with Crippen molar-refractivity contribution in [2.75, 3.05) is 0 Å². The van der Waals surface area contributed by atoms with Crippen molar-refractivity contribution in [2.24, 2.45) is 0 Å². The van der Waals surface area contributed by atoms with E-state index in [-0.39, 0.29) is 0 Å². The maximum atomic E-state index is 6.00. The highest BCUT2D eigenvalue weighted by atomic mass is 35.5. The van der Waals surface area contributed by atoms with Crippen LogP contribution < -0.4 is 0 Å². The van der Waals surface area contributed by atoms with Gasteiger partial charge in [-0.15, -0.1) is 0 Å². The van der Waals surface area contributed by atoms with Crippen LogP contribution in [-0.2, 0) is 0 Å². The smallest absolute Gasteiger partial charge is 0.138 e. The van der Waals surface area contributed by atoms with Gasteiger partial charge in [-0.25, -0.2) is 4.98 Å². The normalized spacial score (nSPS) is 11.2. The lowest BCUT2D eigenvalue weighted by molar-refractivity contribution is 1.33. The number of nitrogens with zero attached hydrogens (tertiary/aromatic N) is 2. The van der Waals surface area contributed by atoms with Gasteiger partial charge in [0.25, 0.3) is 0 Å². The van der Waals surface area contributed by atoms with Crippen molar-refractivity contribution < 1.29 is 0 Å². The van der Waals surface area contributed by atoms with E-state index in [0.717, 1.165) is 33.3 Å². The molecule has 0 fully saturated rings. The van der Waals surface area contributed by atoms with E-state index in [4.69, 9.17) is 11.6 Å². The Labute approximate surface area is 120 Å². The molecule has 0 bridgehead atoms. The summed E-state index contributed by atoms with van der Waals surface area (Å²) in [5.41, 5.74) is 3.88. The average Bonchev–Trinajstić information content (AvgIpc) is 2.89. The summed E-state index contributed by atoms with van der Waals surface area (Å²) in [5.74, 6) is 0.841. The first-order valence-electron chi connectivity index (χ1n) is 6.30. The van der Waals surface area contributed by atoms with Gasteiger partial charge in [-0.1, -0.05) is 17.7 Å². The third kappa shape index (κ3) is 1.84. The fourth-order valence-electron chi connectivity index (χ4n) is 2.34. The van der Waals surface area contributed by atoms with Crippen LogP contribution in [0.15, 0.2) is 54.7 Å². The van der Waals surface area contributed by atoms with E-state index >= 15 is 0 Å². The van der Waals surface area contributed by atoms with Crippen LogP contribution in [0.1, 0.15) is 0 Å². The number of aromatic amines is 1. The molecule has 2 aromatic heterocycles. The number of H-pyrrole nitrogens is 1. The molecule has 0 saturated carbocycles. The molecular formula is C16H10ClN3. The van der Waals surface area contributed by atoms with Crippen LogP contribution in [0.2, 0.25) is 5.02 Å². The molecule has 4 heteroatoms. The molecule has 2 heterocycles. The number of fused-ring (bicyclic) bond motifs is 2. The maximum Gasteiger partial charge on any atom is 0.138 e. The Morgan fingerprint density at radius 2 is 1.85 bits per heavy atom. The quantitative estimate of drug-likeness (QED) is 0.560. The molecule has 3 nitrogen and oxygen atoms in total. The Hall–Kier alpha value is -2.39. The third-order valence-electron chi connectivity index (χ3n) is 3.32. The van der Waals surface area contributed by atoms with Gasteiger partial charge in [0.05, 0.1) is 16.6 Å². The van der Waals surface area contributed by atoms with Gasteiger partial charge in [0.15, 0.2) is 0 Å². The van der Waals surface area contributed by atoms with E-state index in [1.54, 1.807) is 6.20 Å². The summed E-state index contributed by atoms with van der Waals surface area (Å²) in [7, 11) is 0. The molecule has 96 valence electrons. The standard InChI is InChI=1S/C16H10ClN3/c17-12-4-6-14-15(9-12)20-16(19-14)11-3-5-13-10(8-11)2-1-7-18-13/h1-9H,(H,19,20). The van der Waals surface area contributed by atoms with Crippen LogP contribution in [0.3, 0.4) is 0 Å². The summed E-state index contributed by atoms with van der Waals surface area (Å²) in [4.78, 5) is 12.2. The van der Waals surface area contributed by atoms with Gasteiger partial charge in [-0.2, -0.15) is 0 Å². The van der Waals surface area contributed by atoms with Crippen LogP contribution in [0.25, 0.3) is 33.3 Å². The molecule has 4 rings (SSSR count). The number of imidazole rings is 1. The highest BCUT2D eigenvalue weighted by molar-refractivity contribution is 6.31. The SMILES string of the molecule is Clc1ccc2nc(-c3ccc4ncccc4c3)[nH]c2c1. The molecule has 4 aromatic rings. The van der Waals surface area contributed by atoms with Crippen molar-refractivity contribution in [2.45, 2.75) is 0 Å². The summed E-state index contributed by atoms with van der Waals surface area (Å²) in [5, 5.41) is 1.80. The van der Waals surface area contributed by atoms with Crippen molar-refractivity contribution in [3.63, 3.8) is 0 Å². The summed E-state index contributed by atoms with van der Waals surface area (Å²) in [6.07, 6.45) is 1.80. The fourth-order valence-corrected chi connectivity index (χ4v) is 2.51. The number of hydrogen-bond acceptors (Lipinski definition) is 2. The number of nitrogens with one attached hydrogen (secondary N) is 1. The molecular weight excluding hydrogens is 270 g/mol. The molecule has 1 N–H and O–H groups in total. The molecule has 20 heavy (non-hydrogen) atoms. The summed E-state index contributed by atoms with van der Waals surface area (Å²) < 4.78 is 0. The molecule has 0 saturated heterocycles. The molecule has 0 unspecified atom stereocenters. The number of rotatable bonds is 1. The third-order valence-corrected chi connectivity index (χ3v) is 3.56. The van der Waals surface area contributed by atoms with E-state index in [1.165, 1.54) is 0 Å². The van der Waals surface area contributed by atoms with Gasteiger partial charge in [-0.3, -0.25) is 4.98 Å². The van der Waals surface area contributed by atoms with Gasteiger partial charge in [0.2, 0.25) is 0 Å². The minimum atomic E-state index is 0.704. The number of hydrogen-bond donors (Lipinski definition) is 1. The van der Waals surface area contributed by atoms with Crippen molar-refractivity contribution in [3.8, 4) is 11.4 Å². The largest absolute Gasteiger partial charge is 0.338 e. The zero-order valence-corrected chi connectivity index (χ0v) is 11.2. The molecule has 0 aliphatic heterocycles. The zero-order valence-electron chi connectivity index (χ0n) is 10.5. The molecule has 0 aliphatic carbocycles. The Balaban J connectivity index is 1.91. The van der Waals surface area contributed by atoms with E-state index in [0.29, 0.717) is 5.02 Å².